The fourth-order valence-corrected chi connectivity index (χ4v) is 4.61. The molecule has 1 aliphatic heterocycles. The van der Waals surface area contributed by atoms with Crippen LogP contribution in [0.3, 0.4) is 0 Å². The molecule has 0 saturated heterocycles. The molecule has 152 valence electrons. The number of carbonyl (C=O) groups excluding carboxylic acids is 1. The summed E-state index contributed by atoms with van der Waals surface area (Å²) >= 11 is 1.29. The lowest BCUT2D eigenvalue weighted by Gasteiger charge is -2.24. The molecule has 1 atom stereocenters. The summed E-state index contributed by atoms with van der Waals surface area (Å²) in [5.41, 5.74) is 2.30. The second-order valence-electron chi connectivity index (χ2n) is 6.73. The number of benzene rings is 2. The predicted molar refractivity (Wildman–Crippen MR) is 115 cm³/mol. The van der Waals surface area contributed by atoms with Crippen molar-refractivity contribution < 1.29 is 14.3 Å². The molecule has 1 aromatic heterocycles. The van der Waals surface area contributed by atoms with Crippen molar-refractivity contribution in [2.45, 2.75) is 13.0 Å². The Balaban J connectivity index is 1.99. The standard InChI is InChI=1S/C23H20N2O4S/c1-14-19(22(27)29-3)20(15-9-5-4-6-10-15)25-21(26)18(30-23(25)24-14)13-16-11-7-8-12-17(16)28-2/h4-13,20H,1-3H3/t20-/m1/s1. The molecule has 7 heteroatoms. The van der Waals surface area contributed by atoms with Gasteiger partial charge in [-0.15, -0.1) is 0 Å². The molecule has 30 heavy (non-hydrogen) atoms. The molecule has 2 heterocycles. The van der Waals surface area contributed by atoms with Crippen molar-refractivity contribution in [2.75, 3.05) is 14.2 Å². The summed E-state index contributed by atoms with van der Waals surface area (Å²) in [5.74, 6) is 0.179. The molecule has 0 fully saturated rings. The highest BCUT2D eigenvalue weighted by molar-refractivity contribution is 7.07. The number of esters is 1. The van der Waals surface area contributed by atoms with Gasteiger partial charge in [0.1, 0.15) is 5.75 Å². The number of para-hydroxylation sites is 1. The first kappa shape index (κ1) is 19.8. The van der Waals surface area contributed by atoms with Gasteiger partial charge in [0, 0.05) is 5.56 Å². The van der Waals surface area contributed by atoms with Gasteiger partial charge in [0.2, 0.25) is 0 Å². The number of ether oxygens (including phenoxy) is 2. The SMILES string of the molecule is COC(=O)C1=C(C)N=c2sc(=Cc3ccccc3OC)c(=O)n2[C@@H]1c1ccccc1. The molecule has 0 aliphatic carbocycles. The first-order chi connectivity index (χ1) is 14.5. The minimum absolute atomic E-state index is 0.215. The maximum Gasteiger partial charge on any atom is 0.338 e. The fourth-order valence-electron chi connectivity index (χ4n) is 3.57. The average Bonchev–Trinajstić information content (AvgIpc) is 3.07. The van der Waals surface area contributed by atoms with E-state index in [1.54, 1.807) is 24.7 Å². The number of methoxy groups -OCH3 is 2. The topological polar surface area (TPSA) is 69.9 Å². The molecule has 0 bridgehead atoms. The largest absolute Gasteiger partial charge is 0.496 e. The van der Waals surface area contributed by atoms with E-state index in [9.17, 15) is 9.59 Å². The van der Waals surface area contributed by atoms with E-state index in [1.165, 1.54) is 18.4 Å². The summed E-state index contributed by atoms with van der Waals surface area (Å²) in [4.78, 5) is 31.1. The lowest BCUT2D eigenvalue weighted by molar-refractivity contribution is -0.136. The van der Waals surface area contributed by atoms with Crippen molar-refractivity contribution in [3.05, 3.63) is 96.7 Å². The number of fused-ring (bicyclic) bond motifs is 1. The van der Waals surface area contributed by atoms with Crippen LogP contribution in [0.4, 0.5) is 0 Å². The minimum Gasteiger partial charge on any atom is -0.496 e. The van der Waals surface area contributed by atoms with Crippen LogP contribution in [0.25, 0.3) is 6.08 Å². The van der Waals surface area contributed by atoms with Crippen LogP contribution in [-0.2, 0) is 9.53 Å². The number of carbonyl (C=O) groups is 1. The van der Waals surface area contributed by atoms with Crippen LogP contribution < -0.4 is 19.6 Å². The molecule has 0 unspecified atom stereocenters. The van der Waals surface area contributed by atoms with Gasteiger partial charge in [0.25, 0.3) is 5.56 Å². The number of allylic oxidation sites excluding steroid dienone is 1. The number of nitrogens with zero attached hydrogens (tertiary/aromatic N) is 2. The van der Waals surface area contributed by atoms with Crippen molar-refractivity contribution in [2.24, 2.45) is 4.99 Å². The first-order valence-corrected chi connectivity index (χ1v) is 10.2. The Hall–Kier alpha value is -3.45. The summed E-state index contributed by atoms with van der Waals surface area (Å²) in [5, 5.41) is 0. The highest BCUT2D eigenvalue weighted by atomic mass is 32.1. The van der Waals surface area contributed by atoms with Gasteiger partial charge < -0.3 is 9.47 Å². The molecule has 1 aliphatic rings. The summed E-state index contributed by atoms with van der Waals surface area (Å²) < 4.78 is 12.5. The van der Waals surface area contributed by atoms with Crippen molar-refractivity contribution in [1.29, 1.82) is 0 Å². The first-order valence-electron chi connectivity index (χ1n) is 9.34. The van der Waals surface area contributed by atoms with E-state index in [1.807, 2.05) is 54.6 Å². The fraction of sp³-hybridized carbons (Fsp3) is 0.174. The molecule has 3 aromatic rings. The van der Waals surface area contributed by atoms with E-state index in [0.717, 1.165) is 11.1 Å². The van der Waals surface area contributed by atoms with E-state index in [-0.39, 0.29) is 5.56 Å². The zero-order valence-electron chi connectivity index (χ0n) is 16.8. The second-order valence-corrected chi connectivity index (χ2v) is 7.74. The van der Waals surface area contributed by atoms with Gasteiger partial charge in [-0.3, -0.25) is 9.36 Å². The third-order valence-corrected chi connectivity index (χ3v) is 5.95. The highest BCUT2D eigenvalue weighted by Crippen LogP contribution is 2.30. The van der Waals surface area contributed by atoms with Crippen LogP contribution in [0, 0.1) is 0 Å². The quantitative estimate of drug-likeness (QED) is 0.608. The second kappa shape index (κ2) is 8.12. The number of rotatable bonds is 4. The number of hydrogen-bond acceptors (Lipinski definition) is 6. The lowest BCUT2D eigenvalue weighted by atomic mass is 9.96. The molecule has 0 spiro atoms. The zero-order valence-corrected chi connectivity index (χ0v) is 17.6. The van der Waals surface area contributed by atoms with Crippen molar-refractivity contribution in [3.63, 3.8) is 0 Å². The maximum absolute atomic E-state index is 13.4. The molecule has 0 amide bonds. The Bertz CT molecular complexity index is 1320. The molecule has 0 saturated carbocycles. The number of aromatic nitrogens is 1. The monoisotopic (exact) mass is 420 g/mol. The Morgan fingerprint density at radius 1 is 1.10 bits per heavy atom. The van der Waals surface area contributed by atoms with Crippen molar-refractivity contribution in [3.8, 4) is 5.75 Å². The average molecular weight is 420 g/mol. The lowest BCUT2D eigenvalue weighted by Crippen LogP contribution is -2.39. The summed E-state index contributed by atoms with van der Waals surface area (Å²) in [6.45, 7) is 1.76. The van der Waals surface area contributed by atoms with E-state index in [0.29, 0.717) is 26.4 Å². The van der Waals surface area contributed by atoms with Gasteiger partial charge in [-0.1, -0.05) is 59.9 Å². The molecule has 6 nitrogen and oxygen atoms in total. The molecule has 2 aromatic carbocycles. The van der Waals surface area contributed by atoms with Crippen LogP contribution >= 0.6 is 11.3 Å². The zero-order chi connectivity index (χ0) is 21.3. The summed E-state index contributed by atoms with van der Waals surface area (Å²) in [7, 11) is 2.92. The minimum atomic E-state index is -0.602. The Labute approximate surface area is 177 Å². The van der Waals surface area contributed by atoms with Crippen LogP contribution in [0.1, 0.15) is 24.1 Å². The Morgan fingerprint density at radius 2 is 1.80 bits per heavy atom. The number of thiazole rings is 1. The third kappa shape index (κ3) is 3.37. The van der Waals surface area contributed by atoms with Crippen molar-refractivity contribution >= 4 is 23.4 Å². The number of hydrogen-bond donors (Lipinski definition) is 0. The van der Waals surface area contributed by atoms with Crippen molar-refractivity contribution in [1.82, 2.24) is 4.57 Å². The van der Waals surface area contributed by atoms with Gasteiger partial charge in [-0.25, -0.2) is 9.79 Å². The Kier molecular flexibility index (Phi) is 5.37. The normalized spacial score (nSPS) is 16.1. The molecule has 0 N–H and O–H groups in total. The highest BCUT2D eigenvalue weighted by Gasteiger charge is 2.32. The third-order valence-electron chi connectivity index (χ3n) is 4.97. The Morgan fingerprint density at radius 3 is 2.50 bits per heavy atom. The summed E-state index contributed by atoms with van der Waals surface area (Å²) in [6, 6.07) is 16.3. The molecule has 0 radical (unpaired) electrons. The smallest absolute Gasteiger partial charge is 0.338 e. The van der Waals surface area contributed by atoms with Crippen LogP contribution in [-0.4, -0.2) is 24.8 Å². The van der Waals surface area contributed by atoms with Gasteiger partial charge in [0.05, 0.1) is 36.1 Å². The molecular formula is C23H20N2O4S. The predicted octanol–water partition coefficient (Wildman–Crippen LogP) is 2.42. The van der Waals surface area contributed by atoms with Gasteiger partial charge in [-0.2, -0.15) is 0 Å². The molecule has 4 rings (SSSR count). The van der Waals surface area contributed by atoms with E-state index in [4.69, 9.17) is 9.47 Å². The van der Waals surface area contributed by atoms with Crippen LogP contribution in [0.2, 0.25) is 0 Å². The molecular weight excluding hydrogens is 400 g/mol. The van der Waals surface area contributed by atoms with Crippen LogP contribution in [0.5, 0.6) is 5.75 Å². The van der Waals surface area contributed by atoms with Gasteiger partial charge in [-0.05, 0) is 24.6 Å². The van der Waals surface area contributed by atoms with Gasteiger partial charge >= 0.3 is 5.97 Å². The van der Waals surface area contributed by atoms with E-state index < -0.39 is 12.0 Å². The van der Waals surface area contributed by atoms with E-state index >= 15 is 0 Å². The van der Waals surface area contributed by atoms with Gasteiger partial charge in [0.15, 0.2) is 4.80 Å². The van der Waals surface area contributed by atoms with Crippen LogP contribution in [0.15, 0.2) is 75.7 Å². The summed E-state index contributed by atoms with van der Waals surface area (Å²) in [6.07, 6.45) is 1.79. The maximum atomic E-state index is 13.4. The van der Waals surface area contributed by atoms with E-state index in [2.05, 4.69) is 4.99 Å².